The molecule has 5 nitrogen and oxygen atoms in total. The molecule has 0 radical (unpaired) electrons. The average molecular weight is 346 g/mol. The molecular formula is C14H20BrNO4. The monoisotopic (exact) mass is 345 g/mol. The SMILES string of the molecule is COc1cc(CC(Br)CC(C)C)c([N+](=O)[O-])cc1OC. The Balaban J connectivity index is 3.12. The van der Waals surface area contributed by atoms with Crippen LogP contribution >= 0.6 is 15.9 Å². The summed E-state index contributed by atoms with van der Waals surface area (Å²) in [6, 6.07) is 3.11. The summed E-state index contributed by atoms with van der Waals surface area (Å²) in [7, 11) is 2.99. The third-order valence-electron chi connectivity index (χ3n) is 2.95. The maximum absolute atomic E-state index is 11.2. The van der Waals surface area contributed by atoms with E-state index >= 15 is 0 Å². The second-order valence-electron chi connectivity index (χ2n) is 5.02. The predicted molar refractivity (Wildman–Crippen MR) is 82.1 cm³/mol. The molecule has 0 fully saturated rings. The lowest BCUT2D eigenvalue weighted by Gasteiger charge is -2.14. The fourth-order valence-electron chi connectivity index (χ4n) is 2.08. The van der Waals surface area contributed by atoms with Gasteiger partial charge in [-0.05, 0) is 24.8 Å². The molecule has 0 spiro atoms. The number of ether oxygens (including phenoxy) is 2. The van der Waals surface area contributed by atoms with E-state index in [0.29, 0.717) is 29.4 Å². The predicted octanol–water partition coefficient (Wildman–Crippen LogP) is 3.96. The van der Waals surface area contributed by atoms with Crippen molar-refractivity contribution in [2.75, 3.05) is 14.2 Å². The van der Waals surface area contributed by atoms with Crippen molar-refractivity contribution in [3.8, 4) is 11.5 Å². The number of hydrogen-bond acceptors (Lipinski definition) is 4. The number of methoxy groups -OCH3 is 2. The highest BCUT2D eigenvalue weighted by atomic mass is 79.9. The van der Waals surface area contributed by atoms with Gasteiger partial charge in [0.15, 0.2) is 11.5 Å². The van der Waals surface area contributed by atoms with E-state index in [0.717, 1.165) is 6.42 Å². The molecule has 0 aromatic heterocycles. The molecule has 0 aliphatic heterocycles. The number of nitro groups is 1. The Hall–Kier alpha value is -1.30. The molecule has 0 aliphatic rings. The molecule has 20 heavy (non-hydrogen) atoms. The van der Waals surface area contributed by atoms with Gasteiger partial charge >= 0.3 is 0 Å². The first-order valence-electron chi connectivity index (χ1n) is 6.42. The van der Waals surface area contributed by atoms with Crippen LogP contribution in [0, 0.1) is 16.0 Å². The van der Waals surface area contributed by atoms with E-state index in [-0.39, 0.29) is 15.4 Å². The Labute approximate surface area is 127 Å². The minimum atomic E-state index is -0.383. The zero-order chi connectivity index (χ0) is 15.3. The van der Waals surface area contributed by atoms with Gasteiger partial charge in [0.1, 0.15) is 0 Å². The first kappa shape index (κ1) is 16.8. The fourth-order valence-corrected chi connectivity index (χ4v) is 3.17. The Morgan fingerprint density at radius 3 is 2.25 bits per heavy atom. The van der Waals surface area contributed by atoms with Crippen LogP contribution in [0.5, 0.6) is 11.5 Å². The van der Waals surface area contributed by atoms with Crippen LogP contribution < -0.4 is 9.47 Å². The van der Waals surface area contributed by atoms with Crippen molar-refractivity contribution in [1.82, 2.24) is 0 Å². The summed E-state index contributed by atoms with van der Waals surface area (Å²) in [5.41, 5.74) is 0.714. The minimum absolute atomic E-state index is 0.0656. The lowest BCUT2D eigenvalue weighted by molar-refractivity contribution is -0.385. The van der Waals surface area contributed by atoms with E-state index < -0.39 is 0 Å². The summed E-state index contributed by atoms with van der Waals surface area (Å²) < 4.78 is 10.3. The third kappa shape index (κ3) is 4.37. The lowest BCUT2D eigenvalue weighted by atomic mass is 10.0. The minimum Gasteiger partial charge on any atom is -0.493 e. The first-order valence-corrected chi connectivity index (χ1v) is 7.34. The molecule has 1 atom stereocenters. The number of halogens is 1. The summed E-state index contributed by atoms with van der Waals surface area (Å²) in [4.78, 5) is 11.0. The van der Waals surface area contributed by atoms with Crippen LogP contribution in [-0.2, 0) is 6.42 Å². The molecule has 1 rings (SSSR count). The van der Waals surface area contributed by atoms with Gasteiger partial charge in [-0.1, -0.05) is 29.8 Å². The second-order valence-corrected chi connectivity index (χ2v) is 6.32. The summed E-state index contributed by atoms with van der Waals surface area (Å²) in [5, 5.41) is 11.2. The summed E-state index contributed by atoms with van der Waals surface area (Å²) >= 11 is 3.59. The van der Waals surface area contributed by atoms with Crippen molar-refractivity contribution >= 4 is 21.6 Å². The van der Waals surface area contributed by atoms with Gasteiger partial charge in [-0.25, -0.2) is 0 Å². The Bertz CT molecular complexity index is 476. The maximum atomic E-state index is 11.2. The molecule has 0 N–H and O–H groups in total. The van der Waals surface area contributed by atoms with Gasteiger partial charge in [-0.3, -0.25) is 10.1 Å². The molecule has 0 saturated carbocycles. The van der Waals surface area contributed by atoms with Crippen molar-refractivity contribution in [2.24, 2.45) is 5.92 Å². The summed E-state index contributed by atoms with van der Waals surface area (Å²) in [5.74, 6) is 1.41. The fraction of sp³-hybridized carbons (Fsp3) is 0.571. The zero-order valence-corrected chi connectivity index (χ0v) is 13.8. The zero-order valence-electron chi connectivity index (χ0n) is 12.2. The summed E-state index contributed by atoms with van der Waals surface area (Å²) in [6.45, 7) is 4.24. The molecule has 1 unspecified atom stereocenters. The van der Waals surface area contributed by atoms with Crippen molar-refractivity contribution in [1.29, 1.82) is 0 Å². The van der Waals surface area contributed by atoms with Crippen LogP contribution in [0.25, 0.3) is 0 Å². The van der Waals surface area contributed by atoms with E-state index in [1.807, 2.05) is 0 Å². The molecule has 1 aromatic rings. The van der Waals surface area contributed by atoms with Gasteiger partial charge in [0.25, 0.3) is 5.69 Å². The number of alkyl halides is 1. The van der Waals surface area contributed by atoms with E-state index in [1.165, 1.54) is 20.3 Å². The molecule has 112 valence electrons. The number of benzene rings is 1. The number of rotatable bonds is 7. The van der Waals surface area contributed by atoms with E-state index in [9.17, 15) is 10.1 Å². The number of nitrogens with zero attached hydrogens (tertiary/aromatic N) is 1. The van der Waals surface area contributed by atoms with Crippen LogP contribution in [0.3, 0.4) is 0 Å². The van der Waals surface area contributed by atoms with Crippen LogP contribution in [0.1, 0.15) is 25.8 Å². The van der Waals surface area contributed by atoms with Crippen LogP contribution in [-0.4, -0.2) is 24.0 Å². The highest BCUT2D eigenvalue weighted by molar-refractivity contribution is 9.09. The summed E-state index contributed by atoms with van der Waals surface area (Å²) in [6.07, 6.45) is 1.53. The molecular weight excluding hydrogens is 326 g/mol. The van der Waals surface area contributed by atoms with Crippen molar-refractivity contribution in [3.05, 3.63) is 27.8 Å². The molecule has 1 aromatic carbocycles. The normalized spacial score (nSPS) is 12.3. The Morgan fingerprint density at radius 2 is 1.80 bits per heavy atom. The van der Waals surface area contributed by atoms with Gasteiger partial charge in [0, 0.05) is 10.4 Å². The maximum Gasteiger partial charge on any atom is 0.276 e. The standard InChI is InChI=1S/C14H20BrNO4/c1-9(2)5-11(15)6-10-7-13(19-3)14(20-4)8-12(10)16(17)18/h7-9,11H,5-6H2,1-4H3. The Morgan fingerprint density at radius 1 is 1.25 bits per heavy atom. The van der Waals surface area contributed by atoms with Crippen LogP contribution in [0.15, 0.2) is 12.1 Å². The van der Waals surface area contributed by atoms with Gasteiger partial charge < -0.3 is 9.47 Å². The average Bonchev–Trinajstić information content (AvgIpc) is 2.36. The quantitative estimate of drug-likeness (QED) is 0.426. The molecule has 0 amide bonds. The largest absolute Gasteiger partial charge is 0.493 e. The highest BCUT2D eigenvalue weighted by Crippen LogP contribution is 2.36. The number of hydrogen-bond donors (Lipinski definition) is 0. The van der Waals surface area contributed by atoms with Crippen LogP contribution in [0.4, 0.5) is 5.69 Å². The smallest absolute Gasteiger partial charge is 0.276 e. The molecule has 0 bridgehead atoms. The van der Waals surface area contributed by atoms with E-state index in [1.54, 1.807) is 6.07 Å². The van der Waals surface area contributed by atoms with Crippen molar-refractivity contribution in [3.63, 3.8) is 0 Å². The topological polar surface area (TPSA) is 61.6 Å². The van der Waals surface area contributed by atoms with Gasteiger partial charge in [0.2, 0.25) is 0 Å². The van der Waals surface area contributed by atoms with E-state index in [4.69, 9.17) is 9.47 Å². The van der Waals surface area contributed by atoms with Crippen LogP contribution in [0.2, 0.25) is 0 Å². The van der Waals surface area contributed by atoms with Crippen molar-refractivity contribution in [2.45, 2.75) is 31.5 Å². The second kappa shape index (κ2) is 7.47. The molecule has 0 aliphatic carbocycles. The molecule has 6 heteroatoms. The molecule has 0 saturated heterocycles. The number of nitro benzene ring substituents is 1. The lowest BCUT2D eigenvalue weighted by Crippen LogP contribution is -2.09. The van der Waals surface area contributed by atoms with Gasteiger partial charge in [-0.15, -0.1) is 0 Å². The van der Waals surface area contributed by atoms with Gasteiger partial charge in [-0.2, -0.15) is 0 Å². The van der Waals surface area contributed by atoms with Gasteiger partial charge in [0.05, 0.1) is 25.2 Å². The van der Waals surface area contributed by atoms with E-state index in [2.05, 4.69) is 29.8 Å². The van der Waals surface area contributed by atoms with Crippen molar-refractivity contribution < 1.29 is 14.4 Å². The Kier molecular flexibility index (Phi) is 6.26. The third-order valence-corrected chi connectivity index (χ3v) is 3.65. The first-order chi connectivity index (χ1) is 9.38. The highest BCUT2D eigenvalue weighted by Gasteiger charge is 2.21. The molecule has 0 heterocycles.